The average molecular weight is 254 g/mol. The number of likely N-dealkylation sites (N-methyl/N-ethyl adjacent to an activating group) is 1. The van der Waals surface area contributed by atoms with Gasteiger partial charge < -0.3 is 21.2 Å². The summed E-state index contributed by atoms with van der Waals surface area (Å²) in [6.07, 6.45) is 2.63. The van der Waals surface area contributed by atoms with E-state index >= 15 is 0 Å². The molecule has 4 N–H and O–H groups in total. The maximum Gasteiger partial charge on any atom is 0.242 e. The molecular weight excluding hydrogens is 236 g/mol. The largest absolute Gasteiger partial charge is 0.409 e. The van der Waals surface area contributed by atoms with E-state index in [1.165, 1.54) is 0 Å². The van der Waals surface area contributed by atoms with Crippen molar-refractivity contribution in [2.24, 2.45) is 16.3 Å². The van der Waals surface area contributed by atoms with Crippen molar-refractivity contribution in [1.29, 1.82) is 0 Å². The Balaban J connectivity index is 2.17. The molecule has 0 aromatic heterocycles. The highest BCUT2D eigenvalue weighted by Crippen LogP contribution is 2.48. The Morgan fingerprint density at radius 3 is 2.67 bits per heavy atom. The predicted octanol–water partition coefficient (Wildman–Crippen LogP) is -0.750. The van der Waals surface area contributed by atoms with Crippen LogP contribution in [0.15, 0.2) is 5.16 Å². The first kappa shape index (κ1) is 12.7. The molecule has 7 heteroatoms. The quantitative estimate of drug-likeness (QED) is 0.266. The zero-order valence-electron chi connectivity index (χ0n) is 10.3. The number of oxime groups is 1. The normalized spacial score (nSPS) is 25.9. The number of likely N-dealkylation sites (tertiary alicyclic amines) is 1. The van der Waals surface area contributed by atoms with Gasteiger partial charge in [-0.2, -0.15) is 0 Å². The topological polar surface area (TPSA) is 108 Å². The van der Waals surface area contributed by atoms with E-state index in [1.807, 2.05) is 0 Å². The molecular formula is C11H18N4O3. The zero-order chi connectivity index (χ0) is 13.3. The van der Waals surface area contributed by atoms with Gasteiger partial charge in [0.05, 0.1) is 0 Å². The third-order valence-electron chi connectivity index (χ3n) is 3.82. The van der Waals surface area contributed by atoms with Crippen molar-refractivity contribution < 1.29 is 14.8 Å². The van der Waals surface area contributed by atoms with E-state index in [-0.39, 0.29) is 17.6 Å². The Bertz CT molecular complexity index is 403. The third-order valence-corrected chi connectivity index (χ3v) is 3.82. The number of carbonyl (C=O) groups excluding carboxylic acids is 2. The Kier molecular flexibility index (Phi) is 3.14. The molecule has 2 amide bonds. The van der Waals surface area contributed by atoms with Crippen LogP contribution < -0.4 is 11.1 Å². The van der Waals surface area contributed by atoms with Crippen LogP contribution in [0.2, 0.25) is 0 Å². The van der Waals surface area contributed by atoms with Crippen LogP contribution in [0.1, 0.15) is 25.7 Å². The average Bonchev–Trinajstić information content (AvgIpc) is 3.06. The number of nitrogens with one attached hydrogen (secondary N) is 1. The van der Waals surface area contributed by atoms with Crippen molar-refractivity contribution >= 4 is 17.6 Å². The maximum absolute atomic E-state index is 12.4. The van der Waals surface area contributed by atoms with Gasteiger partial charge in [-0.1, -0.05) is 5.16 Å². The summed E-state index contributed by atoms with van der Waals surface area (Å²) >= 11 is 0. The molecule has 7 nitrogen and oxygen atoms in total. The van der Waals surface area contributed by atoms with Crippen LogP contribution in [0.3, 0.4) is 0 Å². The molecule has 1 saturated heterocycles. The first-order chi connectivity index (χ1) is 8.56. The van der Waals surface area contributed by atoms with E-state index in [2.05, 4.69) is 10.5 Å². The first-order valence-electron chi connectivity index (χ1n) is 6.07. The summed E-state index contributed by atoms with van der Waals surface area (Å²) < 4.78 is 0. The molecule has 2 rings (SSSR count). The van der Waals surface area contributed by atoms with E-state index in [4.69, 9.17) is 10.9 Å². The smallest absolute Gasteiger partial charge is 0.242 e. The lowest BCUT2D eigenvalue weighted by Crippen LogP contribution is -2.50. The van der Waals surface area contributed by atoms with Gasteiger partial charge in [-0.3, -0.25) is 9.59 Å². The van der Waals surface area contributed by atoms with Crippen LogP contribution in [-0.4, -0.2) is 47.4 Å². The Morgan fingerprint density at radius 1 is 1.50 bits per heavy atom. The molecule has 18 heavy (non-hydrogen) atoms. The number of amidine groups is 1. The highest BCUT2D eigenvalue weighted by Gasteiger charge is 2.57. The van der Waals surface area contributed by atoms with Crippen LogP contribution in [-0.2, 0) is 9.59 Å². The minimum absolute atomic E-state index is 0.0462. The maximum atomic E-state index is 12.4. The van der Waals surface area contributed by atoms with Crippen molar-refractivity contribution in [2.45, 2.75) is 31.7 Å². The number of nitrogens with two attached hydrogens (primary N) is 1. The number of rotatable bonds is 3. The van der Waals surface area contributed by atoms with Gasteiger partial charge in [0.2, 0.25) is 11.8 Å². The molecule has 2 aliphatic rings. The lowest BCUT2D eigenvalue weighted by atomic mass is 10.0. The molecule has 100 valence electrons. The van der Waals surface area contributed by atoms with E-state index in [1.54, 1.807) is 11.9 Å². The van der Waals surface area contributed by atoms with Crippen LogP contribution in [0.25, 0.3) is 0 Å². The summed E-state index contributed by atoms with van der Waals surface area (Å²) in [7, 11) is 1.56. The van der Waals surface area contributed by atoms with Gasteiger partial charge in [-0.25, -0.2) is 0 Å². The van der Waals surface area contributed by atoms with Gasteiger partial charge in [0.15, 0.2) is 5.84 Å². The van der Waals surface area contributed by atoms with Crippen molar-refractivity contribution in [1.82, 2.24) is 10.2 Å². The number of hydrogen-bond acceptors (Lipinski definition) is 4. The second-order valence-corrected chi connectivity index (χ2v) is 4.84. The summed E-state index contributed by atoms with van der Waals surface area (Å²) in [5, 5.41) is 14.3. The lowest BCUT2D eigenvalue weighted by Gasteiger charge is -2.27. The summed E-state index contributed by atoms with van der Waals surface area (Å²) in [6.45, 7) is 0.553. The Morgan fingerprint density at radius 2 is 2.17 bits per heavy atom. The Hall–Kier alpha value is -1.79. The molecule has 1 atom stereocenters. The fourth-order valence-corrected chi connectivity index (χ4v) is 2.52. The predicted molar refractivity (Wildman–Crippen MR) is 63.9 cm³/mol. The molecule has 1 aliphatic carbocycles. The zero-order valence-corrected chi connectivity index (χ0v) is 10.3. The monoisotopic (exact) mass is 254 g/mol. The van der Waals surface area contributed by atoms with Gasteiger partial charge in [0.25, 0.3) is 0 Å². The van der Waals surface area contributed by atoms with E-state index in [0.29, 0.717) is 25.8 Å². The number of carbonyl (C=O) groups is 2. The fourth-order valence-electron chi connectivity index (χ4n) is 2.52. The fraction of sp³-hybridized carbons (Fsp3) is 0.727. The molecule has 2 fully saturated rings. The molecule has 0 radical (unpaired) electrons. The van der Waals surface area contributed by atoms with Gasteiger partial charge >= 0.3 is 0 Å². The summed E-state index contributed by atoms with van der Waals surface area (Å²) in [5.74, 6) is -0.393. The SMILES string of the molecule is CNC(=O)C1CCCN1C(=O)C1(C(N)=NO)CC1. The summed E-state index contributed by atoms with van der Waals surface area (Å²) in [5.41, 5.74) is 4.72. The first-order valence-corrected chi connectivity index (χ1v) is 6.07. The van der Waals surface area contributed by atoms with Gasteiger partial charge in [-0.15, -0.1) is 0 Å². The number of nitrogens with zero attached hydrogens (tertiary/aromatic N) is 2. The van der Waals surface area contributed by atoms with Crippen molar-refractivity contribution in [3.63, 3.8) is 0 Å². The minimum Gasteiger partial charge on any atom is -0.409 e. The molecule has 1 saturated carbocycles. The minimum atomic E-state index is -0.870. The lowest BCUT2D eigenvalue weighted by molar-refractivity contribution is -0.140. The van der Waals surface area contributed by atoms with Crippen molar-refractivity contribution in [2.75, 3.05) is 13.6 Å². The van der Waals surface area contributed by atoms with E-state index in [0.717, 1.165) is 6.42 Å². The molecule has 1 unspecified atom stereocenters. The standard InChI is InChI=1S/C11H18N4O3/c1-13-8(16)7-3-2-6-15(7)10(17)11(4-5-11)9(12)14-18/h7,18H,2-6H2,1H3,(H2,12,14)(H,13,16). The molecule has 1 aliphatic heterocycles. The second kappa shape index (κ2) is 4.47. The molecule has 0 bridgehead atoms. The molecule has 1 heterocycles. The third kappa shape index (κ3) is 1.79. The Labute approximate surface area is 105 Å². The number of amides is 2. The molecule has 0 aromatic rings. The van der Waals surface area contributed by atoms with Crippen molar-refractivity contribution in [3.05, 3.63) is 0 Å². The van der Waals surface area contributed by atoms with E-state index < -0.39 is 11.5 Å². The van der Waals surface area contributed by atoms with Crippen LogP contribution in [0.4, 0.5) is 0 Å². The summed E-state index contributed by atoms with van der Waals surface area (Å²) in [6, 6.07) is -0.425. The number of hydrogen-bond donors (Lipinski definition) is 3. The van der Waals surface area contributed by atoms with Gasteiger partial charge in [-0.05, 0) is 25.7 Å². The highest BCUT2D eigenvalue weighted by molar-refractivity contribution is 6.10. The van der Waals surface area contributed by atoms with Gasteiger partial charge in [0, 0.05) is 13.6 Å². The van der Waals surface area contributed by atoms with E-state index in [9.17, 15) is 9.59 Å². The molecule has 0 spiro atoms. The van der Waals surface area contributed by atoms with Gasteiger partial charge in [0.1, 0.15) is 11.5 Å². The van der Waals surface area contributed by atoms with Crippen LogP contribution in [0, 0.1) is 5.41 Å². The highest BCUT2D eigenvalue weighted by atomic mass is 16.4. The molecule has 0 aromatic carbocycles. The summed E-state index contributed by atoms with van der Waals surface area (Å²) in [4.78, 5) is 25.7. The second-order valence-electron chi connectivity index (χ2n) is 4.84. The van der Waals surface area contributed by atoms with Crippen LogP contribution >= 0.6 is 0 Å². The van der Waals surface area contributed by atoms with Crippen LogP contribution in [0.5, 0.6) is 0 Å². The van der Waals surface area contributed by atoms with Crippen molar-refractivity contribution in [3.8, 4) is 0 Å².